The van der Waals surface area contributed by atoms with Crippen molar-refractivity contribution in [2.75, 3.05) is 0 Å². The maximum Gasteiger partial charge on any atom is 0.325 e. The fraction of sp³-hybridized carbons (Fsp3) is 0. The second-order valence-corrected chi connectivity index (χ2v) is 3.40. The first kappa shape index (κ1) is 10.3. The Labute approximate surface area is 93.6 Å². The van der Waals surface area contributed by atoms with Crippen molar-refractivity contribution in [3.8, 4) is 0 Å². The first-order chi connectivity index (χ1) is 7.56. The Morgan fingerprint density at radius 3 is 2.50 bits per heavy atom. The van der Waals surface area contributed by atoms with Crippen LogP contribution in [0.4, 0.5) is 0 Å². The van der Waals surface area contributed by atoms with Crippen molar-refractivity contribution in [1.82, 2.24) is 20.6 Å². The molecule has 16 heavy (non-hydrogen) atoms. The van der Waals surface area contributed by atoms with Gasteiger partial charge in [0.2, 0.25) is 0 Å². The van der Waals surface area contributed by atoms with Gasteiger partial charge in [0, 0.05) is 6.20 Å². The molecule has 1 aromatic rings. The lowest BCUT2D eigenvalue weighted by atomic mass is 10.2. The monoisotopic (exact) mass is 238 g/mol. The Morgan fingerprint density at radius 1 is 1.19 bits per heavy atom. The normalized spacial score (nSPS) is 17.4. The Bertz CT molecular complexity index is 612. The molecule has 0 spiro atoms. The molecule has 7 nitrogen and oxygen atoms in total. The third-order valence-electron chi connectivity index (χ3n) is 1.87. The van der Waals surface area contributed by atoms with Crippen LogP contribution in [0.15, 0.2) is 21.5 Å². The number of nitrogens with one attached hydrogen (secondary N) is 4. The van der Waals surface area contributed by atoms with E-state index in [0.29, 0.717) is 0 Å². The summed E-state index contributed by atoms with van der Waals surface area (Å²) in [5.41, 5.74) is -0.875. The van der Waals surface area contributed by atoms with Gasteiger partial charge >= 0.3 is 5.69 Å². The Balaban J connectivity index is 2.44. The minimum atomic E-state index is -0.605. The van der Waals surface area contributed by atoms with Gasteiger partial charge in [-0.25, -0.2) is 4.79 Å². The number of hydrogen-bond donors (Lipinski definition) is 4. The summed E-state index contributed by atoms with van der Waals surface area (Å²) in [4.78, 5) is 37.6. The van der Waals surface area contributed by atoms with Gasteiger partial charge in [0.1, 0.15) is 5.70 Å². The van der Waals surface area contributed by atoms with Crippen molar-refractivity contribution in [3.05, 3.63) is 38.3 Å². The van der Waals surface area contributed by atoms with E-state index >= 15 is 0 Å². The van der Waals surface area contributed by atoms with E-state index in [4.69, 9.17) is 12.2 Å². The van der Waals surface area contributed by atoms with Crippen LogP contribution in [-0.4, -0.2) is 21.0 Å². The second kappa shape index (κ2) is 3.74. The first-order valence-corrected chi connectivity index (χ1v) is 4.63. The van der Waals surface area contributed by atoms with Crippen molar-refractivity contribution in [3.63, 3.8) is 0 Å². The van der Waals surface area contributed by atoms with Crippen molar-refractivity contribution in [2.24, 2.45) is 0 Å². The number of H-pyrrole nitrogens is 2. The Kier molecular flexibility index (Phi) is 2.41. The zero-order chi connectivity index (χ0) is 11.7. The molecule has 0 radical (unpaired) electrons. The summed E-state index contributed by atoms with van der Waals surface area (Å²) in [5.74, 6) is -0.421. The quantitative estimate of drug-likeness (QED) is 0.348. The zero-order valence-electron chi connectivity index (χ0n) is 7.79. The van der Waals surface area contributed by atoms with Crippen LogP contribution < -0.4 is 21.9 Å². The average molecular weight is 238 g/mol. The van der Waals surface area contributed by atoms with Crippen molar-refractivity contribution < 1.29 is 4.79 Å². The van der Waals surface area contributed by atoms with Gasteiger partial charge in [-0.15, -0.1) is 0 Å². The van der Waals surface area contributed by atoms with E-state index < -0.39 is 17.2 Å². The molecule has 8 heteroatoms. The summed E-state index contributed by atoms with van der Waals surface area (Å²) in [6.07, 6.45) is 2.51. The fourth-order valence-electron chi connectivity index (χ4n) is 1.17. The van der Waals surface area contributed by atoms with Crippen LogP contribution in [0, 0.1) is 0 Å². The number of thiocarbonyl (C=S) groups is 1. The molecular weight excluding hydrogens is 232 g/mol. The smallest absolute Gasteiger partial charge is 0.325 e. The Hall–Kier alpha value is -2.22. The highest BCUT2D eigenvalue weighted by Gasteiger charge is 2.20. The standard InChI is InChI=1S/C8H6N4O3S/c13-5-3(2-9-7(15)11-5)1-4-6(14)12-8(16)10-4/h1-2H,(H2,9,11,13,15)(H2,10,12,14,16). The van der Waals surface area contributed by atoms with Crippen LogP contribution in [0.25, 0.3) is 6.08 Å². The largest absolute Gasteiger partial charge is 0.328 e. The van der Waals surface area contributed by atoms with E-state index in [1.807, 2.05) is 4.98 Å². The number of aromatic nitrogens is 2. The summed E-state index contributed by atoms with van der Waals surface area (Å²) < 4.78 is 0. The summed E-state index contributed by atoms with van der Waals surface area (Å²) in [7, 11) is 0. The molecule has 1 amide bonds. The zero-order valence-corrected chi connectivity index (χ0v) is 8.60. The molecule has 0 aromatic carbocycles. The fourth-order valence-corrected chi connectivity index (χ4v) is 1.37. The molecule has 1 aliphatic heterocycles. The minimum absolute atomic E-state index is 0.155. The molecule has 2 heterocycles. The summed E-state index contributed by atoms with van der Waals surface area (Å²) in [6.45, 7) is 0. The summed E-state index contributed by atoms with van der Waals surface area (Å²) >= 11 is 4.72. The van der Waals surface area contributed by atoms with E-state index in [9.17, 15) is 14.4 Å². The SMILES string of the molecule is O=C1NC(=S)NC1=Cc1c[nH]c(=O)[nH]c1=O. The van der Waals surface area contributed by atoms with E-state index in [1.165, 1.54) is 12.3 Å². The molecule has 0 bridgehead atoms. The summed E-state index contributed by atoms with van der Waals surface area (Å²) in [6, 6.07) is 0. The van der Waals surface area contributed by atoms with E-state index in [2.05, 4.69) is 15.6 Å². The number of carbonyl (C=O) groups is 1. The van der Waals surface area contributed by atoms with Gasteiger partial charge in [0.15, 0.2) is 5.11 Å². The van der Waals surface area contributed by atoms with Crippen LogP contribution in [0.2, 0.25) is 0 Å². The number of carbonyl (C=O) groups excluding carboxylic acids is 1. The third kappa shape index (κ3) is 1.91. The lowest BCUT2D eigenvalue weighted by Gasteiger charge is -1.94. The molecule has 1 aromatic heterocycles. The molecule has 82 valence electrons. The Morgan fingerprint density at radius 2 is 1.94 bits per heavy atom. The summed E-state index contributed by atoms with van der Waals surface area (Å²) in [5, 5.41) is 5.11. The van der Waals surface area contributed by atoms with Gasteiger partial charge in [-0.05, 0) is 18.3 Å². The maximum atomic E-state index is 11.3. The predicted octanol–water partition coefficient (Wildman–Crippen LogP) is -1.59. The van der Waals surface area contributed by atoms with Crippen LogP contribution in [0.3, 0.4) is 0 Å². The lowest BCUT2D eigenvalue weighted by molar-refractivity contribution is -0.115. The molecule has 0 unspecified atom stereocenters. The third-order valence-corrected chi connectivity index (χ3v) is 2.07. The molecule has 0 aliphatic carbocycles. The van der Waals surface area contributed by atoms with Crippen LogP contribution in [-0.2, 0) is 4.79 Å². The highest BCUT2D eigenvalue weighted by molar-refractivity contribution is 7.80. The molecule has 1 aliphatic rings. The average Bonchev–Trinajstić information content (AvgIpc) is 2.50. The highest BCUT2D eigenvalue weighted by atomic mass is 32.1. The molecule has 2 rings (SSSR count). The van der Waals surface area contributed by atoms with Gasteiger partial charge < -0.3 is 10.3 Å². The second-order valence-electron chi connectivity index (χ2n) is 2.99. The molecule has 4 N–H and O–H groups in total. The number of aromatic amines is 2. The van der Waals surface area contributed by atoms with E-state index in [-0.39, 0.29) is 16.4 Å². The van der Waals surface area contributed by atoms with Gasteiger partial charge in [0.05, 0.1) is 5.56 Å². The molecule has 0 atom stereocenters. The highest BCUT2D eigenvalue weighted by Crippen LogP contribution is 2.02. The number of rotatable bonds is 1. The van der Waals surface area contributed by atoms with E-state index in [1.54, 1.807) is 0 Å². The number of amides is 1. The molecule has 1 saturated heterocycles. The molecule has 0 saturated carbocycles. The van der Waals surface area contributed by atoms with Crippen molar-refractivity contribution in [1.29, 1.82) is 0 Å². The molecular formula is C8H6N4O3S. The van der Waals surface area contributed by atoms with Crippen molar-refractivity contribution >= 4 is 29.3 Å². The maximum absolute atomic E-state index is 11.3. The van der Waals surface area contributed by atoms with Gasteiger partial charge in [-0.2, -0.15) is 0 Å². The minimum Gasteiger partial charge on any atom is -0.328 e. The topological polar surface area (TPSA) is 107 Å². The van der Waals surface area contributed by atoms with Crippen LogP contribution >= 0.6 is 12.2 Å². The van der Waals surface area contributed by atoms with Gasteiger partial charge in [-0.1, -0.05) is 0 Å². The first-order valence-electron chi connectivity index (χ1n) is 4.22. The van der Waals surface area contributed by atoms with Crippen molar-refractivity contribution in [2.45, 2.75) is 0 Å². The number of hydrogen-bond acceptors (Lipinski definition) is 4. The van der Waals surface area contributed by atoms with E-state index in [0.717, 1.165) is 0 Å². The predicted molar refractivity (Wildman–Crippen MR) is 59.5 cm³/mol. The van der Waals surface area contributed by atoms with Gasteiger partial charge in [-0.3, -0.25) is 19.9 Å². The van der Waals surface area contributed by atoms with Gasteiger partial charge in [0.25, 0.3) is 11.5 Å². The lowest BCUT2D eigenvalue weighted by Crippen LogP contribution is -2.23. The van der Waals surface area contributed by atoms with Crippen LogP contribution in [0.5, 0.6) is 0 Å². The molecule has 1 fully saturated rings. The van der Waals surface area contributed by atoms with Crippen LogP contribution in [0.1, 0.15) is 5.56 Å².